The highest BCUT2D eigenvalue weighted by molar-refractivity contribution is 9.10. The zero-order valence-corrected chi connectivity index (χ0v) is 26.3. The summed E-state index contributed by atoms with van der Waals surface area (Å²) < 4.78 is 43.1. The van der Waals surface area contributed by atoms with Crippen molar-refractivity contribution in [3.8, 4) is 0 Å². The molecule has 0 aromatic heterocycles. The number of rotatable bonds is 11. The molecule has 13 heteroatoms. The number of benzene rings is 2. The summed E-state index contributed by atoms with van der Waals surface area (Å²) in [7, 11) is -4.17. The van der Waals surface area contributed by atoms with Gasteiger partial charge in [0.1, 0.15) is 24.3 Å². The summed E-state index contributed by atoms with van der Waals surface area (Å²) >= 11 is 3.41. The molecule has 2 aromatic rings. The maximum atomic E-state index is 13.2. The smallest absolute Gasteiger partial charge is 0.434 e. The van der Waals surface area contributed by atoms with E-state index in [0.717, 1.165) is 15.9 Å². The summed E-state index contributed by atoms with van der Waals surface area (Å²) in [5.74, 6) is -1.33. The predicted molar refractivity (Wildman–Crippen MR) is 156 cm³/mol. The number of carbonyl (C=O) groups excluding carboxylic acids is 3. The number of ether oxygens (including phenoxy) is 3. The number of nitrogens with zero attached hydrogens (tertiary/aromatic N) is 2. The van der Waals surface area contributed by atoms with E-state index in [2.05, 4.69) is 40.6 Å². The molecule has 0 spiro atoms. The molecular weight excluding hydrogens is 620 g/mol. The molecule has 2 amide bonds. The number of hydrogen-bond donors (Lipinski definition) is 0. The molecule has 1 aliphatic rings. The van der Waals surface area contributed by atoms with E-state index in [1.807, 2.05) is 6.07 Å². The summed E-state index contributed by atoms with van der Waals surface area (Å²) in [5.41, 5.74) is 1.55. The molecule has 10 nitrogen and oxygen atoms in total. The average Bonchev–Trinajstić information content (AvgIpc) is 3.12. The van der Waals surface area contributed by atoms with Gasteiger partial charge in [-0.3, -0.25) is 4.79 Å². The molecule has 1 atom stereocenters. The van der Waals surface area contributed by atoms with Crippen LogP contribution in [0.1, 0.15) is 28.4 Å². The van der Waals surface area contributed by atoms with Gasteiger partial charge in [-0.2, -0.15) is 4.99 Å². The SMILES string of the molecule is COC(=O)C(Cc1ccc(C2CC(=O)N(COCC[Si](C)(C)C)S2(=O)=O)c(Br)c1)=NC(=O)OCc1ccccc1. The van der Waals surface area contributed by atoms with Gasteiger partial charge in [-0.15, -0.1) is 0 Å². The number of sulfonamides is 1. The number of carbonyl (C=O) groups is 3. The van der Waals surface area contributed by atoms with Crippen molar-refractivity contribution in [3.05, 3.63) is 69.7 Å². The largest absolute Gasteiger partial charge is 0.465 e. The fourth-order valence-electron chi connectivity index (χ4n) is 3.87. The zero-order valence-electron chi connectivity index (χ0n) is 22.9. The monoisotopic (exact) mass is 652 g/mol. The van der Waals surface area contributed by atoms with Crippen LogP contribution < -0.4 is 0 Å². The number of amides is 2. The highest BCUT2D eigenvalue weighted by Crippen LogP contribution is 2.39. The lowest BCUT2D eigenvalue weighted by molar-refractivity contribution is -0.133. The molecule has 0 aliphatic carbocycles. The van der Waals surface area contributed by atoms with E-state index in [-0.39, 0.29) is 31.9 Å². The van der Waals surface area contributed by atoms with Gasteiger partial charge < -0.3 is 14.2 Å². The van der Waals surface area contributed by atoms with Crippen molar-refractivity contribution < 1.29 is 37.0 Å². The third kappa shape index (κ3) is 8.56. The maximum absolute atomic E-state index is 13.2. The fourth-order valence-corrected chi connectivity index (χ4v) is 7.25. The molecule has 3 rings (SSSR count). The highest BCUT2D eigenvalue weighted by atomic mass is 79.9. The number of hydrogen-bond acceptors (Lipinski definition) is 8. The standard InChI is InChI=1S/C27H33BrN2O8SSi/c1-36-26(32)23(29-27(33)38-17-19-8-6-5-7-9-19)15-20-10-11-21(22(28)14-20)24-16-25(31)30(39(24,34)35)18-37-12-13-40(2,3)4/h5-11,14,24H,12-13,15-18H2,1-4H3. The second-order valence-electron chi connectivity index (χ2n) is 10.5. The number of aliphatic imine (C=N–C) groups is 1. The molecule has 0 N–H and O–H groups in total. The summed E-state index contributed by atoms with van der Waals surface area (Å²) in [4.78, 5) is 41.0. The normalized spacial score (nSPS) is 17.1. The van der Waals surface area contributed by atoms with Crippen LogP contribution >= 0.6 is 15.9 Å². The van der Waals surface area contributed by atoms with Crippen LogP contribution in [0.2, 0.25) is 25.7 Å². The first-order valence-corrected chi connectivity index (χ1v) is 18.6. The van der Waals surface area contributed by atoms with Crippen molar-refractivity contribution >= 4 is 57.7 Å². The summed E-state index contributed by atoms with van der Waals surface area (Å²) in [5, 5.41) is -1.08. The van der Waals surface area contributed by atoms with E-state index >= 15 is 0 Å². The van der Waals surface area contributed by atoms with Gasteiger partial charge in [0.25, 0.3) is 0 Å². The molecule has 2 aromatic carbocycles. The second-order valence-corrected chi connectivity index (χ2v) is 19.0. The first-order chi connectivity index (χ1) is 18.8. The Morgan fingerprint density at radius 2 is 1.80 bits per heavy atom. The van der Waals surface area contributed by atoms with Crippen LogP contribution in [0.15, 0.2) is 58.0 Å². The molecule has 40 heavy (non-hydrogen) atoms. The van der Waals surface area contributed by atoms with E-state index in [0.29, 0.717) is 22.2 Å². The van der Waals surface area contributed by atoms with Gasteiger partial charge in [0.15, 0.2) is 0 Å². The third-order valence-corrected chi connectivity index (χ3v) is 10.6. The van der Waals surface area contributed by atoms with Crippen molar-refractivity contribution in [2.75, 3.05) is 20.4 Å². The van der Waals surface area contributed by atoms with Crippen LogP contribution in [0.4, 0.5) is 4.79 Å². The molecule has 0 bridgehead atoms. The molecule has 1 aliphatic heterocycles. The van der Waals surface area contributed by atoms with Crippen LogP contribution in [0.5, 0.6) is 0 Å². The summed E-state index contributed by atoms with van der Waals surface area (Å²) in [6.45, 7) is 6.63. The Hall–Kier alpha value is -2.87. The van der Waals surface area contributed by atoms with E-state index in [1.165, 1.54) is 7.11 Å². The Kier molecular flexibility index (Phi) is 10.8. The molecule has 0 radical (unpaired) electrons. The quantitative estimate of drug-likeness (QED) is 0.146. The molecule has 1 heterocycles. The van der Waals surface area contributed by atoms with Gasteiger partial charge >= 0.3 is 12.1 Å². The predicted octanol–water partition coefficient (Wildman–Crippen LogP) is 4.86. The van der Waals surface area contributed by atoms with Crippen molar-refractivity contribution in [1.82, 2.24) is 4.31 Å². The van der Waals surface area contributed by atoms with E-state index in [9.17, 15) is 22.8 Å². The van der Waals surface area contributed by atoms with Crippen LogP contribution in [-0.2, 0) is 46.9 Å². The molecule has 1 fully saturated rings. The van der Waals surface area contributed by atoms with Gasteiger partial charge in [-0.25, -0.2) is 22.3 Å². The highest BCUT2D eigenvalue weighted by Gasteiger charge is 2.46. The molecule has 0 saturated carbocycles. The topological polar surface area (TPSA) is 129 Å². The Labute approximate surface area is 243 Å². The Bertz CT molecular complexity index is 1380. The van der Waals surface area contributed by atoms with Gasteiger partial charge in [0.05, 0.1) is 13.5 Å². The Morgan fingerprint density at radius 3 is 2.42 bits per heavy atom. The summed E-state index contributed by atoms with van der Waals surface area (Å²) in [6.07, 6.45) is -1.22. The van der Waals surface area contributed by atoms with Gasteiger partial charge in [0, 0.05) is 25.6 Å². The summed E-state index contributed by atoms with van der Waals surface area (Å²) in [6, 6.07) is 14.7. The lowest BCUT2D eigenvalue weighted by Gasteiger charge is -2.20. The van der Waals surface area contributed by atoms with Crippen LogP contribution in [-0.4, -0.2) is 64.9 Å². The minimum absolute atomic E-state index is 0.00711. The minimum atomic E-state index is -3.99. The van der Waals surface area contributed by atoms with Gasteiger partial charge in [-0.1, -0.05) is 78.0 Å². The molecule has 216 valence electrons. The van der Waals surface area contributed by atoms with E-state index < -0.39 is 41.3 Å². The lowest BCUT2D eigenvalue weighted by atomic mass is 10.0. The second kappa shape index (κ2) is 13.7. The van der Waals surface area contributed by atoms with Gasteiger partial charge in [-0.05, 0) is 28.8 Å². The van der Waals surface area contributed by atoms with Crippen LogP contribution in [0.3, 0.4) is 0 Å². The lowest BCUT2D eigenvalue weighted by Crippen LogP contribution is -2.33. The number of methoxy groups -OCH3 is 1. The molecular formula is C27H33BrN2O8SSi. The van der Waals surface area contributed by atoms with Crippen LogP contribution in [0, 0.1) is 0 Å². The number of halogens is 1. The van der Waals surface area contributed by atoms with Crippen molar-refractivity contribution in [2.45, 2.75) is 50.4 Å². The van der Waals surface area contributed by atoms with Crippen molar-refractivity contribution in [2.24, 2.45) is 4.99 Å². The zero-order chi connectivity index (χ0) is 29.5. The van der Waals surface area contributed by atoms with Gasteiger partial charge in [0.2, 0.25) is 15.9 Å². The fraction of sp³-hybridized carbons (Fsp3) is 0.407. The third-order valence-electron chi connectivity index (χ3n) is 6.15. The number of esters is 1. The first-order valence-electron chi connectivity index (χ1n) is 12.6. The first kappa shape index (κ1) is 31.7. The maximum Gasteiger partial charge on any atom is 0.434 e. The minimum Gasteiger partial charge on any atom is -0.465 e. The van der Waals surface area contributed by atoms with E-state index in [4.69, 9.17) is 14.2 Å². The van der Waals surface area contributed by atoms with E-state index in [1.54, 1.807) is 42.5 Å². The Balaban J connectivity index is 1.71. The molecule has 1 saturated heterocycles. The average molecular weight is 654 g/mol. The van der Waals surface area contributed by atoms with Crippen LogP contribution in [0.25, 0.3) is 0 Å². The van der Waals surface area contributed by atoms with Crippen molar-refractivity contribution in [3.63, 3.8) is 0 Å². The van der Waals surface area contributed by atoms with Crippen molar-refractivity contribution in [1.29, 1.82) is 0 Å². The Morgan fingerprint density at radius 1 is 1.10 bits per heavy atom. The molecule has 1 unspecified atom stereocenters.